The van der Waals surface area contributed by atoms with E-state index in [1.807, 2.05) is 6.07 Å². The highest BCUT2D eigenvalue weighted by molar-refractivity contribution is 8.00. The van der Waals surface area contributed by atoms with Crippen molar-refractivity contribution >= 4 is 28.4 Å². The maximum atomic E-state index is 12.4. The van der Waals surface area contributed by atoms with Crippen LogP contribution in [0.1, 0.15) is 15.9 Å². The number of nitriles is 1. The lowest BCUT2D eigenvalue weighted by Crippen LogP contribution is -2.03. The molecule has 0 bridgehead atoms. The number of hydrogen-bond donors (Lipinski definition) is 0. The van der Waals surface area contributed by atoms with E-state index >= 15 is 0 Å². The molecule has 1 aliphatic rings. The molecule has 0 amide bonds. The molecule has 0 spiro atoms. The number of carbonyl (C=O) groups is 1. The Hall–Kier alpha value is -3.24. The average Bonchev–Trinajstić information content (AvgIpc) is 3.16. The number of hydrogen-bond acceptors (Lipinski definition) is 7. The van der Waals surface area contributed by atoms with E-state index in [-0.39, 0.29) is 18.3 Å². The first-order chi connectivity index (χ1) is 13.2. The van der Waals surface area contributed by atoms with Gasteiger partial charge < -0.3 is 14.2 Å². The van der Waals surface area contributed by atoms with Gasteiger partial charge in [-0.3, -0.25) is 4.79 Å². The molecule has 0 saturated carbocycles. The topological polar surface area (TPSA) is 81.4 Å². The Balaban J connectivity index is 1.58. The lowest BCUT2D eigenvalue weighted by Gasteiger charge is -2.07. The van der Waals surface area contributed by atoms with Gasteiger partial charge in [0.25, 0.3) is 0 Å². The third-order valence-electron chi connectivity index (χ3n) is 4.15. The summed E-state index contributed by atoms with van der Waals surface area (Å²) in [6.45, 7) is 0.175. The zero-order valence-corrected chi connectivity index (χ0v) is 15.2. The Labute approximate surface area is 159 Å². The monoisotopic (exact) mass is 378 g/mol. The summed E-state index contributed by atoms with van der Waals surface area (Å²) in [5.74, 6) is 2.11. The third-order valence-corrected chi connectivity index (χ3v) is 5.14. The summed E-state index contributed by atoms with van der Waals surface area (Å²) in [5, 5.41) is 10.8. The third kappa shape index (κ3) is 3.39. The number of nitrogens with zero attached hydrogens (tertiary/aromatic N) is 2. The Morgan fingerprint density at radius 1 is 1.22 bits per heavy atom. The first kappa shape index (κ1) is 17.2. The number of thioether (sulfide) groups is 1. The largest absolute Gasteiger partial charge is 0.497 e. The molecule has 0 fully saturated rings. The number of fused-ring (bicyclic) bond motifs is 2. The van der Waals surface area contributed by atoms with Crippen molar-refractivity contribution in [3.8, 4) is 23.3 Å². The van der Waals surface area contributed by atoms with Gasteiger partial charge in [0.1, 0.15) is 16.8 Å². The lowest BCUT2D eigenvalue weighted by atomic mass is 10.1. The van der Waals surface area contributed by atoms with Gasteiger partial charge in [0, 0.05) is 17.0 Å². The highest BCUT2D eigenvalue weighted by atomic mass is 32.2. The molecule has 0 radical (unpaired) electrons. The van der Waals surface area contributed by atoms with Crippen LogP contribution in [0.3, 0.4) is 0 Å². The number of rotatable bonds is 5. The molecule has 0 unspecified atom stereocenters. The quantitative estimate of drug-likeness (QED) is 0.493. The van der Waals surface area contributed by atoms with E-state index in [1.165, 1.54) is 11.8 Å². The Morgan fingerprint density at radius 3 is 2.67 bits per heavy atom. The minimum atomic E-state index is -0.0425. The van der Waals surface area contributed by atoms with Crippen molar-refractivity contribution < 1.29 is 19.0 Å². The van der Waals surface area contributed by atoms with Gasteiger partial charge in [-0.15, -0.1) is 0 Å². The number of methoxy groups -OCH3 is 1. The maximum absolute atomic E-state index is 12.4. The Morgan fingerprint density at radius 2 is 1.96 bits per heavy atom. The molecule has 27 heavy (non-hydrogen) atoms. The molecule has 6 nitrogen and oxygen atoms in total. The molecule has 2 heterocycles. The first-order valence-corrected chi connectivity index (χ1v) is 9.11. The summed E-state index contributed by atoms with van der Waals surface area (Å²) in [5.41, 5.74) is 1.71. The predicted octanol–water partition coefficient (Wildman–Crippen LogP) is 3.82. The fraction of sp³-hybridized carbons (Fsp3) is 0.150. The molecule has 0 atom stereocenters. The standard InChI is InChI=1S/C20H14N2O4S/c1-24-15-4-2-12(3-5-15)17(23)10-27-20-14(9-21)6-13-7-18-19(26-11-25-18)8-16(13)22-20/h2-8H,10-11H2,1H3. The molecular weight excluding hydrogens is 364 g/mol. The molecule has 4 rings (SSSR count). The van der Waals surface area contributed by atoms with Crippen LogP contribution in [0.2, 0.25) is 0 Å². The van der Waals surface area contributed by atoms with Crippen molar-refractivity contribution in [1.29, 1.82) is 5.26 Å². The zero-order chi connectivity index (χ0) is 18.8. The molecule has 1 aliphatic heterocycles. The summed E-state index contributed by atoms with van der Waals surface area (Å²) in [4.78, 5) is 17.0. The van der Waals surface area contributed by atoms with Crippen molar-refractivity contribution in [3.63, 3.8) is 0 Å². The number of carbonyl (C=O) groups excluding carboxylic acids is 1. The van der Waals surface area contributed by atoms with Gasteiger partial charge in [-0.25, -0.2) is 4.98 Å². The van der Waals surface area contributed by atoms with Gasteiger partial charge in [0.05, 0.1) is 23.9 Å². The van der Waals surface area contributed by atoms with Crippen LogP contribution in [-0.4, -0.2) is 30.4 Å². The Kier molecular flexibility index (Phi) is 4.57. The summed E-state index contributed by atoms with van der Waals surface area (Å²) in [7, 11) is 1.58. The number of pyridine rings is 1. The molecule has 0 aliphatic carbocycles. The molecule has 0 saturated heterocycles. The molecule has 0 N–H and O–H groups in total. The fourth-order valence-electron chi connectivity index (χ4n) is 2.73. The summed E-state index contributed by atoms with van der Waals surface area (Å²) < 4.78 is 15.8. The minimum Gasteiger partial charge on any atom is -0.497 e. The molecule has 2 aromatic carbocycles. The van der Waals surface area contributed by atoms with E-state index in [0.29, 0.717) is 38.9 Å². The summed E-state index contributed by atoms with van der Waals surface area (Å²) in [6, 6.07) is 14.4. The number of Topliss-reactive ketones (excluding diaryl/α,β-unsaturated/α-hetero) is 1. The van der Waals surface area contributed by atoms with Crippen LogP contribution < -0.4 is 14.2 Å². The Bertz CT molecular complexity index is 1070. The van der Waals surface area contributed by atoms with Crippen LogP contribution >= 0.6 is 11.8 Å². The normalized spacial score (nSPS) is 12.0. The van der Waals surface area contributed by atoms with E-state index < -0.39 is 0 Å². The summed E-state index contributed by atoms with van der Waals surface area (Å²) in [6.07, 6.45) is 0. The van der Waals surface area contributed by atoms with Gasteiger partial charge in [-0.1, -0.05) is 11.8 Å². The molecule has 1 aromatic heterocycles. The van der Waals surface area contributed by atoms with Crippen molar-refractivity contribution in [2.24, 2.45) is 0 Å². The highest BCUT2D eigenvalue weighted by Gasteiger charge is 2.17. The van der Waals surface area contributed by atoms with E-state index in [2.05, 4.69) is 11.1 Å². The van der Waals surface area contributed by atoms with Gasteiger partial charge in [-0.05, 0) is 36.4 Å². The van der Waals surface area contributed by atoms with E-state index in [4.69, 9.17) is 14.2 Å². The van der Waals surface area contributed by atoms with Crippen molar-refractivity contribution in [1.82, 2.24) is 4.98 Å². The number of aromatic nitrogens is 1. The number of ketones is 1. The van der Waals surface area contributed by atoms with Crippen molar-refractivity contribution in [3.05, 3.63) is 53.6 Å². The first-order valence-electron chi connectivity index (χ1n) is 8.12. The number of ether oxygens (including phenoxy) is 3. The highest BCUT2D eigenvalue weighted by Crippen LogP contribution is 2.37. The van der Waals surface area contributed by atoms with Crippen LogP contribution in [0, 0.1) is 11.3 Å². The maximum Gasteiger partial charge on any atom is 0.231 e. The van der Waals surface area contributed by atoms with Gasteiger partial charge in [-0.2, -0.15) is 5.26 Å². The fourth-order valence-corrected chi connectivity index (χ4v) is 3.59. The van der Waals surface area contributed by atoms with Crippen LogP contribution in [0.15, 0.2) is 47.5 Å². The number of benzene rings is 2. The van der Waals surface area contributed by atoms with Gasteiger partial charge in [0.2, 0.25) is 6.79 Å². The molecule has 3 aromatic rings. The second-order valence-electron chi connectivity index (χ2n) is 5.79. The molecular formula is C20H14N2O4S. The molecule has 7 heteroatoms. The van der Waals surface area contributed by atoms with Crippen LogP contribution in [0.4, 0.5) is 0 Å². The van der Waals surface area contributed by atoms with Crippen LogP contribution in [-0.2, 0) is 0 Å². The summed E-state index contributed by atoms with van der Waals surface area (Å²) >= 11 is 1.25. The average molecular weight is 378 g/mol. The zero-order valence-electron chi connectivity index (χ0n) is 14.4. The second-order valence-corrected chi connectivity index (χ2v) is 6.76. The smallest absolute Gasteiger partial charge is 0.231 e. The predicted molar refractivity (Wildman–Crippen MR) is 101 cm³/mol. The van der Waals surface area contributed by atoms with Gasteiger partial charge >= 0.3 is 0 Å². The second kappa shape index (κ2) is 7.17. The van der Waals surface area contributed by atoms with Crippen molar-refractivity contribution in [2.75, 3.05) is 19.7 Å². The molecule has 134 valence electrons. The van der Waals surface area contributed by atoms with Crippen LogP contribution in [0.25, 0.3) is 10.9 Å². The van der Waals surface area contributed by atoms with E-state index in [1.54, 1.807) is 43.5 Å². The SMILES string of the molecule is COc1ccc(C(=O)CSc2nc3cc4c(cc3cc2C#N)OCO4)cc1. The van der Waals surface area contributed by atoms with E-state index in [9.17, 15) is 10.1 Å². The minimum absolute atomic E-state index is 0.0425. The van der Waals surface area contributed by atoms with Crippen molar-refractivity contribution in [2.45, 2.75) is 5.03 Å². The van der Waals surface area contributed by atoms with Crippen LogP contribution in [0.5, 0.6) is 17.2 Å². The van der Waals surface area contributed by atoms with E-state index in [0.717, 1.165) is 5.39 Å². The lowest BCUT2D eigenvalue weighted by molar-refractivity contribution is 0.102. The van der Waals surface area contributed by atoms with Gasteiger partial charge in [0.15, 0.2) is 17.3 Å².